The molecule has 1 aliphatic heterocycles. The Kier molecular flexibility index (Phi) is 5.32. The predicted molar refractivity (Wildman–Crippen MR) is 113 cm³/mol. The SMILES string of the molecule is Cc1cc(C(=O)N2CCN(C(=O)C3CCC3)CC2)c(C)n1-c1cccc(Br)c1. The summed E-state index contributed by atoms with van der Waals surface area (Å²) in [6.45, 7) is 6.53. The molecule has 0 N–H and O–H groups in total. The number of carbonyl (C=O) groups is 2. The molecule has 1 saturated heterocycles. The minimum atomic E-state index is 0.0603. The Hall–Kier alpha value is -2.08. The summed E-state index contributed by atoms with van der Waals surface area (Å²) in [5, 5.41) is 0. The Bertz CT molecular complexity index is 909. The third-order valence-electron chi connectivity index (χ3n) is 6.06. The van der Waals surface area contributed by atoms with Crippen molar-refractivity contribution in [1.82, 2.24) is 14.4 Å². The van der Waals surface area contributed by atoms with E-state index in [2.05, 4.69) is 26.6 Å². The number of nitrogens with zero attached hydrogens (tertiary/aromatic N) is 3. The van der Waals surface area contributed by atoms with Gasteiger partial charge in [0.15, 0.2) is 0 Å². The van der Waals surface area contributed by atoms with Crippen molar-refractivity contribution in [3.05, 3.63) is 51.8 Å². The smallest absolute Gasteiger partial charge is 0.255 e. The van der Waals surface area contributed by atoms with Crippen molar-refractivity contribution in [2.75, 3.05) is 26.2 Å². The van der Waals surface area contributed by atoms with Crippen LogP contribution in [-0.4, -0.2) is 52.4 Å². The van der Waals surface area contributed by atoms with Crippen molar-refractivity contribution in [3.8, 4) is 5.69 Å². The molecule has 2 amide bonds. The molecule has 148 valence electrons. The normalized spacial score (nSPS) is 17.5. The van der Waals surface area contributed by atoms with Crippen LogP contribution in [0.3, 0.4) is 0 Å². The topological polar surface area (TPSA) is 45.6 Å². The summed E-state index contributed by atoms with van der Waals surface area (Å²) in [7, 11) is 0. The van der Waals surface area contributed by atoms with Gasteiger partial charge in [-0.05, 0) is 51.0 Å². The molecule has 0 radical (unpaired) electrons. The summed E-state index contributed by atoms with van der Waals surface area (Å²) in [5.41, 5.74) is 3.78. The summed E-state index contributed by atoms with van der Waals surface area (Å²) in [6.07, 6.45) is 3.22. The van der Waals surface area contributed by atoms with Gasteiger partial charge in [0, 0.05) is 53.6 Å². The third-order valence-corrected chi connectivity index (χ3v) is 6.55. The number of aromatic nitrogens is 1. The molecule has 0 unspecified atom stereocenters. The van der Waals surface area contributed by atoms with Crippen LogP contribution in [0.4, 0.5) is 0 Å². The maximum Gasteiger partial charge on any atom is 0.255 e. The van der Waals surface area contributed by atoms with E-state index in [0.29, 0.717) is 26.2 Å². The van der Waals surface area contributed by atoms with Crippen LogP contribution in [0.2, 0.25) is 0 Å². The van der Waals surface area contributed by atoms with E-state index >= 15 is 0 Å². The summed E-state index contributed by atoms with van der Waals surface area (Å²) < 4.78 is 3.13. The number of aryl methyl sites for hydroxylation is 1. The Morgan fingerprint density at radius 2 is 1.68 bits per heavy atom. The van der Waals surface area contributed by atoms with E-state index in [1.165, 1.54) is 6.42 Å². The molecule has 2 fully saturated rings. The summed E-state index contributed by atoms with van der Waals surface area (Å²) in [5.74, 6) is 0.572. The zero-order valence-corrected chi connectivity index (χ0v) is 18.0. The minimum absolute atomic E-state index is 0.0603. The molecule has 1 aromatic heterocycles. The lowest BCUT2D eigenvalue weighted by Gasteiger charge is -2.38. The number of hydrogen-bond acceptors (Lipinski definition) is 2. The van der Waals surface area contributed by atoms with Crippen molar-refractivity contribution >= 4 is 27.7 Å². The van der Waals surface area contributed by atoms with E-state index < -0.39 is 0 Å². The minimum Gasteiger partial charge on any atom is -0.339 e. The molecule has 2 aliphatic rings. The Labute approximate surface area is 174 Å². The molecular weight excluding hydrogens is 418 g/mol. The van der Waals surface area contributed by atoms with Crippen LogP contribution < -0.4 is 0 Å². The average Bonchev–Trinajstić information content (AvgIpc) is 2.94. The quantitative estimate of drug-likeness (QED) is 0.720. The summed E-state index contributed by atoms with van der Waals surface area (Å²) >= 11 is 3.52. The maximum atomic E-state index is 13.2. The van der Waals surface area contributed by atoms with Gasteiger partial charge in [0.25, 0.3) is 5.91 Å². The Morgan fingerprint density at radius 1 is 1.00 bits per heavy atom. The highest BCUT2D eigenvalue weighted by molar-refractivity contribution is 9.10. The second kappa shape index (κ2) is 7.74. The summed E-state index contributed by atoms with van der Waals surface area (Å²) in [6, 6.07) is 10.1. The second-order valence-electron chi connectivity index (χ2n) is 7.85. The van der Waals surface area contributed by atoms with Crippen LogP contribution in [-0.2, 0) is 4.79 Å². The van der Waals surface area contributed by atoms with Crippen molar-refractivity contribution in [2.45, 2.75) is 33.1 Å². The fraction of sp³-hybridized carbons (Fsp3) is 0.455. The predicted octanol–water partition coefficient (Wildman–Crippen LogP) is 3.94. The van der Waals surface area contributed by atoms with Gasteiger partial charge in [0.2, 0.25) is 5.91 Å². The van der Waals surface area contributed by atoms with Crippen LogP contribution in [0.5, 0.6) is 0 Å². The van der Waals surface area contributed by atoms with E-state index in [0.717, 1.165) is 40.0 Å². The fourth-order valence-corrected chi connectivity index (χ4v) is 4.59. The van der Waals surface area contributed by atoms with Gasteiger partial charge in [0.1, 0.15) is 0 Å². The largest absolute Gasteiger partial charge is 0.339 e. The molecule has 2 heterocycles. The first kappa shape index (κ1) is 19.2. The molecule has 1 saturated carbocycles. The number of amides is 2. The van der Waals surface area contributed by atoms with Gasteiger partial charge in [-0.1, -0.05) is 28.4 Å². The van der Waals surface area contributed by atoms with E-state index in [4.69, 9.17) is 0 Å². The molecule has 0 spiro atoms. The van der Waals surface area contributed by atoms with Crippen LogP contribution in [0, 0.1) is 19.8 Å². The molecule has 2 aromatic rings. The van der Waals surface area contributed by atoms with Crippen molar-refractivity contribution < 1.29 is 9.59 Å². The molecule has 6 heteroatoms. The van der Waals surface area contributed by atoms with Gasteiger partial charge in [0.05, 0.1) is 5.56 Å². The second-order valence-corrected chi connectivity index (χ2v) is 8.76. The zero-order valence-electron chi connectivity index (χ0n) is 16.4. The average molecular weight is 444 g/mol. The molecule has 0 bridgehead atoms. The molecule has 28 heavy (non-hydrogen) atoms. The van der Waals surface area contributed by atoms with E-state index in [1.807, 2.05) is 47.9 Å². The highest BCUT2D eigenvalue weighted by Gasteiger charge is 2.32. The van der Waals surface area contributed by atoms with Gasteiger partial charge in [-0.2, -0.15) is 0 Å². The Morgan fingerprint density at radius 3 is 2.29 bits per heavy atom. The first-order valence-electron chi connectivity index (χ1n) is 9.98. The van der Waals surface area contributed by atoms with Crippen LogP contribution in [0.15, 0.2) is 34.8 Å². The highest BCUT2D eigenvalue weighted by atomic mass is 79.9. The number of halogens is 1. The number of benzene rings is 1. The molecular formula is C22H26BrN3O2. The van der Waals surface area contributed by atoms with Crippen molar-refractivity contribution in [3.63, 3.8) is 0 Å². The van der Waals surface area contributed by atoms with Crippen molar-refractivity contribution in [2.24, 2.45) is 5.92 Å². The number of piperazine rings is 1. The van der Waals surface area contributed by atoms with Gasteiger partial charge in [-0.15, -0.1) is 0 Å². The van der Waals surface area contributed by atoms with E-state index in [9.17, 15) is 9.59 Å². The molecule has 5 nitrogen and oxygen atoms in total. The fourth-order valence-electron chi connectivity index (χ4n) is 4.21. The van der Waals surface area contributed by atoms with E-state index in [1.54, 1.807) is 0 Å². The standard InChI is InChI=1S/C22H26BrN3O2/c1-15-13-20(16(2)26(15)19-8-4-7-18(23)14-19)22(28)25-11-9-24(10-12-25)21(27)17-5-3-6-17/h4,7-8,13-14,17H,3,5-6,9-12H2,1-2H3. The van der Waals surface area contributed by atoms with E-state index in [-0.39, 0.29) is 17.7 Å². The maximum absolute atomic E-state index is 13.2. The molecule has 1 aromatic carbocycles. The zero-order chi connectivity index (χ0) is 19.8. The molecule has 0 atom stereocenters. The highest BCUT2D eigenvalue weighted by Crippen LogP contribution is 2.29. The Balaban J connectivity index is 1.48. The van der Waals surface area contributed by atoms with Gasteiger partial charge in [-0.3, -0.25) is 9.59 Å². The number of rotatable bonds is 3. The van der Waals surface area contributed by atoms with Crippen LogP contribution >= 0.6 is 15.9 Å². The molecule has 4 rings (SSSR count). The van der Waals surface area contributed by atoms with Gasteiger partial charge < -0.3 is 14.4 Å². The summed E-state index contributed by atoms with van der Waals surface area (Å²) in [4.78, 5) is 29.4. The number of carbonyl (C=O) groups excluding carboxylic acids is 2. The monoisotopic (exact) mass is 443 g/mol. The first-order chi connectivity index (χ1) is 13.5. The van der Waals surface area contributed by atoms with Crippen LogP contribution in [0.25, 0.3) is 5.69 Å². The number of hydrogen-bond donors (Lipinski definition) is 0. The lowest BCUT2D eigenvalue weighted by atomic mass is 9.84. The van der Waals surface area contributed by atoms with Crippen LogP contribution in [0.1, 0.15) is 41.0 Å². The lowest BCUT2D eigenvalue weighted by Crippen LogP contribution is -2.52. The lowest BCUT2D eigenvalue weighted by molar-refractivity contribution is -0.139. The molecule has 1 aliphatic carbocycles. The van der Waals surface area contributed by atoms with Gasteiger partial charge in [-0.25, -0.2) is 0 Å². The first-order valence-corrected chi connectivity index (χ1v) is 10.8. The van der Waals surface area contributed by atoms with Crippen molar-refractivity contribution in [1.29, 1.82) is 0 Å². The third kappa shape index (κ3) is 3.50. The van der Waals surface area contributed by atoms with Gasteiger partial charge >= 0.3 is 0 Å².